The van der Waals surface area contributed by atoms with E-state index in [2.05, 4.69) is 15.0 Å². The molecular formula is C12H14N4O. The molecule has 17 heavy (non-hydrogen) atoms. The molecule has 2 N–H and O–H groups in total. The van der Waals surface area contributed by atoms with Crippen LogP contribution in [0, 0.1) is 6.92 Å². The zero-order valence-electron chi connectivity index (χ0n) is 9.84. The molecule has 0 aliphatic carbocycles. The highest BCUT2D eigenvalue weighted by Crippen LogP contribution is 2.15. The third-order valence-electron chi connectivity index (χ3n) is 2.23. The van der Waals surface area contributed by atoms with Crippen molar-refractivity contribution >= 4 is 5.82 Å². The number of anilines is 1. The third kappa shape index (κ3) is 2.76. The molecule has 0 spiro atoms. The molecule has 0 aromatic carbocycles. The van der Waals surface area contributed by atoms with Gasteiger partial charge in [-0.25, -0.2) is 9.97 Å². The Balaban J connectivity index is 2.40. The highest BCUT2D eigenvalue weighted by Gasteiger charge is 2.06. The van der Waals surface area contributed by atoms with Crippen molar-refractivity contribution in [3.05, 3.63) is 35.7 Å². The molecule has 2 rings (SSSR count). The SMILES string of the molecule is COCc1cc(N)nc(-c2ccc(C)cn2)n1. The van der Waals surface area contributed by atoms with E-state index in [1.165, 1.54) is 0 Å². The Bertz CT molecular complexity index is 510. The Morgan fingerprint density at radius 3 is 2.76 bits per heavy atom. The van der Waals surface area contributed by atoms with Gasteiger partial charge in [0.15, 0.2) is 5.82 Å². The summed E-state index contributed by atoms with van der Waals surface area (Å²) in [5.74, 6) is 0.946. The van der Waals surface area contributed by atoms with Gasteiger partial charge in [0, 0.05) is 19.4 Å². The Kier molecular flexibility index (Phi) is 3.30. The number of aromatic nitrogens is 3. The normalized spacial score (nSPS) is 10.5. The van der Waals surface area contributed by atoms with Crippen molar-refractivity contribution in [2.24, 2.45) is 0 Å². The van der Waals surface area contributed by atoms with Crippen LogP contribution in [-0.4, -0.2) is 22.1 Å². The van der Waals surface area contributed by atoms with Crippen molar-refractivity contribution in [1.82, 2.24) is 15.0 Å². The summed E-state index contributed by atoms with van der Waals surface area (Å²) >= 11 is 0. The molecule has 88 valence electrons. The van der Waals surface area contributed by atoms with E-state index < -0.39 is 0 Å². The first-order valence-electron chi connectivity index (χ1n) is 5.24. The maximum Gasteiger partial charge on any atom is 0.180 e. The van der Waals surface area contributed by atoms with Crippen LogP contribution in [0.4, 0.5) is 5.82 Å². The molecule has 0 amide bonds. The van der Waals surface area contributed by atoms with Gasteiger partial charge in [-0.05, 0) is 18.6 Å². The van der Waals surface area contributed by atoms with Crippen LogP contribution in [0.1, 0.15) is 11.3 Å². The van der Waals surface area contributed by atoms with Crippen LogP contribution in [-0.2, 0) is 11.3 Å². The van der Waals surface area contributed by atoms with Crippen LogP contribution in [0.3, 0.4) is 0 Å². The number of hydrogen-bond donors (Lipinski definition) is 1. The summed E-state index contributed by atoms with van der Waals surface area (Å²) in [7, 11) is 1.61. The largest absolute Gasteiger partial charge is 0.384 e. The molecule has 5 nitrogen and oxygen atoms in total. The molecule has 0 saturated carbocycles. The van der Waals surface area contributed by atoms with E-state index in [0.29, 0.717) is 23.9 Å². The molecule has 0 aliphatic heterocycles. The van der Waals surface area contributed by atoms with E-state index in [1.807, 2.05) is 19.1 Å². The molecule has 0 saturated heterocycles. The molecule has 0 unspecified atom stereocenters. The summed E-state index contributed by atoms with van der Waals surface area (Å²) < 4.78 is 5.03. The summed E-state index contributed by atoms with van der Waals surface area (Å²) in [5, 5.41) is 0. The quantitative estimate of drug-likeness (QED) is 0.866. The molecule has 0 atom stereocenters. The summed E-state index contributed by atoms with van der Waals surface area (Å²) in [4.78, 5) is 12.8. The minimum atomic E-state index is 0.408. The van der Waals surface area contributed by atoms with Gasteiger partial charge in [-0.2, -0.15) is 0 Å². The van der Waals surface area contributed by atoms with Gasteiger partial charge in [-0.3, -0.25) is 4.98 Å². The molecule has 0 radical (unpaired) electrons. The van der Waals surface area contributed by atoms with Crippen molar-refractivity contribution < 1.29 is 4.74 Å². The number of nitrogens with two attached hydrogens (primary N) is 1. The Morgan fingerprint density at radius 1 is 1.29 bits per heavy atom. The maximum absolute atomic E-state index is 5.72. The fourth-order valence-electron chi connectivity index (χ4n) is 1.46. The molecular weight excluding hydrogens is 216 g/mol. The lowest BCUT2D eigenvalue weighted by Gasteiger charge is -2.04. The number of nitrogen functional groups attached to an aromatic ring is 1. The second kappa shape index (κ2) is 4.88. The van der Waals surface area contributed by atoms with Gasteiger partial charge in [-0.1, -0.05) is 6.07 Å². The number of nitrogens with zero attached hydrogens (tertiary/aromatic N) is 3. The van der Waals surface area contributed by atoms with Gasteiger partial charge in [0.2, 0.25) is 0 Å². The van der Waals surface area contributed by atoms with Gasteiger partial charge in [0.05, 0.1) is 12.3 Å². The van der Waals surface area contributed by atoms with Gasteiger partial charge in [0.25, 0.3) is 0 Å². The lowest BCUT2D eigenvalue weighted by molar-refractivity contribution is 0.181. The number of rotatable bonds is 3. The summed E-state index contributed by atoms with van der Waals surface area (Å²) in [6.45, 7) is 2.39. The van der Waals surface area contributed by atoms with Crippen LogP contribution in [0.5, 0.6) is 0 Å². The van der Waals surface area contributed by atoms with Gasteiger partial charge >= 0.3 is 0 Å². The van der Waals surface area contributed by atoms with Crippen LogP contribution in [0.15, 0.2) is 24.4 Å². The highest BCUT2D eigenvalue weighted by atomic mass is 16.5. The fraction of sp³-hybridized carbons (Fsp3) is 0.250. The molecule has 5 heteroatoms. The predicted molar refractivity (Wildman–Crippen MR) is 65.1 cm³/mol. The molecule has 0 fully saturated rings. The van der Waals surface area contributed by atoms with Crippen LogP contribution in [0.2, 0.25) is 0 Å². The molecule has 2 aromatic rings. The molecule has 0 aliphatic rings. The molecule has 0 bridgehead atoms. The first-order valence-corrected chi connectivity index (χ1v) is 5.24. The zero-order valence-corrected chi connectivity index (χ0v) is 9.84. The minimum Gasteiger partial charge on any atom is -0.384 e. The third-order valence-corrected chi connectivity index (χ3v) is 2.23. The average Bonchev–Trinajstić information content (AvgIpc) is 2.29. The first kappa shape index (κ1) is 11.5. The Hall–Kier alpha value is -2.01. The van der Waals surface area contributed by atoms with Gasteiger partial charge in [0.1, 0.15) is 11.5 Å². The van der Waals surface area contributed by atoms with Crippen molar-refractivity contribution in [2.45, 2.75) is 13.5 Å². The topological polar surface area (TPSA) is 73.9 Å². The summed E-state index contributed by atoms with van der Waals surface area (Å²) in [6.07, 6.45) is 1.78. The maximum atomic E-state index is 5.72. The Labute approximate surface area is 99.7 Å². The standard InChI is InChI=1S/C12H14N4O/c1-8-3-4-10(14-6-8)12-15-9(7-17-2)5-11(13)16-12/h3-6H,7H2,1-2H3,(H2,13,15,16). The molecule has 2 aromatic heterocycles. The van der Waals surface area contributed by atoms with Crippen molar-refractivity contribution in [2.75, 3.05) is 12.8 Å². The van der Waals surface area contributed by atoms with E-state index in [9.17, 15) is 0 Å². The lowest BCUT2D eigenvalue weighted by atomic mass is 10.2. The number of methoxy groups -OCH3 is 1. The molecule has 2 heterocycles. The average molecular weight is 230 g/mol. The van der Waals surface area contributed by atoms with Crippen LogP contribution in [0.25, 0.3) is 11.5 Å². The van der Waals surface area contributed by atoms with Crippen LogP contribution >= 0.6 is 0 Å². The predicted octanol–water partition coefficient (Wildman–Crippen LogP) is 1.58. The second-order valence-corrected chi connectivity index (χ2v) is 3.76. The van der Waals surface area contributed by atoms with E-state index in [4.69, 9.17) is 10.5 Å². The zero-order chi connectivity index (χ0) is 12.3. The van der Waals surface area contributed by atoms with E-state index in [1.54, 1.807) is 19.4 Å². The number of aryl methyl sites for hydroxylation is 1. The van der Waals surface area contributed by atoms with Crippen molar-refractivity contribution in [3.8, 4) is 11.5 Å². The van der Waals surface area contributed by atoms with Gasteiger partial charge in [-0.15, -0.1) is 0 Å². The smallest absolute Gasteiger partial charge is 0.180 e. The number of ether oxygens (including phenoxy) is 1. The van der Waals surface area contributed by atoms with E-state index in [-0.39, 0.29) is 0 Å². The van der Waals surface area contributed by atoms with Crippen molar-refractivity contribution in [1.29, 1.82) is 0 Å². The lowest BCUT2D eigenvalue weighted by Crippen LogP contribution is -2.02. The van der Waals surface area contributed by atoms with Crippen LogP contribution < -0.4 is 5.73 Å². The number of pyridine rings is 1. The van der Waals surface area contributed by atoms with E-state index >= 15 is 0 Å². The highest BCUT2D eigenvalue weighted by molar-refractivity contribution is 5.52. The monoisotopic (exact) mass is 230 g/mol. The summed E-state index contributed by atoms with van der Waals surface area (Å²) in [6, 6.07) is 5.53. The minimum absolute atomic E-state index is 0.408. The van der Waals surface area contributed by atoms with Crippen molar-refractivity contribution in [3.63, 3.8) is 0 Å². The number of hydrogen-bond acceptors (Lipinski definition) is 5. The fourth-order valence-corrected chi connectivity index (χ4v) is 1.46. The second-order valence-electron chi connectivity index (χ2n) is 3.76. The Morgan fingerprint density at radius 2 is 2.12 bits per heavy atom. The first-order chi connectivity index (χ1) is 8.19. The van der Waals surface area contributed by atoms with Gasteiger partial charge < -0.3 is 10.5 Å². The van der Waals surface area contributed by atoms with E-state index in [0.717, 1.165) is 11.3 Å². The summed E-state index contributed by atoms with van der Waals surface area (Å²) in [5.41, 5.74) is 8.27.